The van der Waals surface area contributed by atoms with Gasteiger partial charge in [0.05, 0.1) is 28.8 Å². The number of likely N-dealkylation sites (tertiary alicyclic amines) is 1. The summed E-state index contributed by atoms with van der Waals surface area (Å²) in [5, 5.41) is 8.94. The number of ether oxygens (including phenoxy) is 1. The Hall–Kier alpha value is -3.18. The van der Waals surface area contributed by atoms with Crippen LogP contribution in [0.2, 0.25) is 0 Å². The van der Waals surface area contributed by atoms with E-state index in [1.165, 1.54) is 10.6 Å². The molecule has 7 nitrogen and oxygen atoms in total. The van der Waals surface area contributed by atoms with E-state index in [4.69, 9.17) is 10.00 Å². The van der Waals surface area contributed by atoms with Gasteiger partial charge in [-0.3, -0.25) is 14.2 Å². The third-order valence-corrected chi connectivity index (χ3v) is 6.28. The van der Waals surface area contributed by atoms with Gasteiger partial charge < -0.3 is 9.64 Å². The summed E-state index contributed by atoms with van der Waals surface area (Å²) in [6.07, 6.45) is 5.95. The third-order valence-electron chi connectivity index (χ3n) is 5.22. The highest BCUT2D eigenvalue weighted by molar-refractivity contribution is 7.07. The van der Waals surface area contributed by atoms with Crippen LogP contribution in [0.1, 0.15) is 44.2 Å². The summed E-state index contributed by atoms with van der Waals surface area (Å²) in [5.41, 5.74) is 0.949. The molecule has 1 atom stereocenters. The molecule has 0 N–H and O–H groups in total. The van der Waals surface area contributed by atoms with Crippen molar-refractivity contribution in [1.82, 2.24) is 9.47 Å². The van der Waals surface area contributed by atoms with Gasteiger partial charge in [-0.25, -0.2) is 4.79 Å². The molecule has 1 amide bonds. The maximum Gasteiger partial charge on any atom is 0.333 e. The zero-order valence-corrected chi connectivity index (χ0v) is 18.5. The van der Waals surface area contributed by atoms with Gasteiger partial charge in [-0.05, 0) is 56.9 Å². The summed E-state index contributed by atoms with van der Waals surface area (Å²) in [7, 11) is 0. The predicted octanol–water partition coefficient (Wildman–Crippen LogP) is 1.35. The van der Waals surface area contributed by atoms with E-state index >= 15 is 0 Å². The van der Waals surface area contributed by atoms with Gasteiger partial charge in [0.25, 0.3) is 5.56 Å². The molecular formula is C23H25N3O4S. The number of amides is 1. The van der Waals surface area contributed by atoms with Crippen LogP contribution in [0, 0.1) is 11.3 Å². The van der Waals surface area contributed by atoms with Gasteiger partial charge in [-0.2, -0.15) is 5.26 Å². The maximum atomic E-state index is 13.1. The molecule has 2 aromatic rings. The molecule has 0 saturated carbocycles. The first kappa shape index (κ1) is 22.5. The molecule has 1 aliphatic heterocycles. The second-order valence-corrected chi connectivity index (χ2v) is 8.46. The number of hydrogen-bond acceptors (Lipinski definition) is 6. The summed E-state index contributed by atoms with van der Waals surface area (Å²) in [4.78, 5) is 39.9. The van der Waals surface area contributed by atoms with E-state index in [2.05, 4.69) is 6.07 Å². The number of nitriles is 1. The molecule has 31 heavy (non-hydrogen) atoms. The fourth-order valence-corrected chi connectivity index (χ4v) is 4.61. The van der Waals surface area contributed by atoms with Gasteiger partial charge in [0.15, 0.2) is 0 Å². The quantitative estimate of drug-likeness (QED) is 0.656. The Balaban J connectivity index is 2.02. The first-order chi connectivity index (χ1) is 14.9. The SMILES string of the molecule is CCOC(=O)/C=c1\s/c(=C\c2ccc(C#N)cc2)c(=O)n1CC(=O)N1CCCC[C@@H]1C. The van der Waals surface area contributed by atoms with E-state index in [-0.39, 0.29) is 30.7 Å². The molecule has 0 bridgehead atoms. The summed E-state index contributed by atoms with van der Waals surface area (Å²) in [6.45, 7) is 4.51. The Kier molecular flexibility index (Phi) is 7.42. The Labute approximate surface area is 184 Å². The standard InChI is InChI=1S/C23H25N3O4S/c1-3-30-22(28)13-21-26(15-20(27)25-11-5-4-6-16(25)2)23(29)19(31-21)12-17-7-9-18(14-24)10-8-17/h7-10,12-13,16H,3-6,11,15H2,1-2H3/b19-12-,21-13-/t16-/m0/s1. The van der Waals surface area contributed by atoms with E-state index in [1.807, 2.05) is 11.8 Å². The van der Waals surface area contributed by atoms with Gasteiger partial charge in [0.1, 0.15) is 11.2 Å². The van der Waals surface area contributed by atoms with Crippen molar-refractivity contribution in [3.8, 4) is 6.07 Å². The van der Waals surface area contributed by atoms with Crippen LogP contribution in [-0.4, -0.2) is 40.5 Å². The summed E-state index contributed by atoms with van der Waals surface area (Å²) in [6, 6.07) is 9.03. The van der Waals surface area contributed by atoms with E-state index in [0.717, 1.165) is 36.2 Å². The van der Waals surface area contributed by atoms with Crippen LogP contribution in [0.5, 0.6) is 0 Å². The third kappa shape index (κ3) is 5.50. The number of rotatable bonds is 5. The number of aromatic nitrogens is 1. The first-order valence-corrected chi connectivity index (χ1v) is 11.1. The average molecular weight is 440 g/mol. The Morgan fingerprint density at radius 3 is 2.68 bits per heavy atom. The lowest BCUT2D eigenvalue weighted by Crippen LogP contribution is -2.46. The topological polar surface area (TPSA) is 92.4 Å². The lowest BCUT2D eigenvalue weighted by atomic mass is 10.0. The van der Waals surface area contributed by atoms with Crippen LogP contribution in [0.3, 0.4) is 0 Å². The van der Waals surface area contributed by atoms with Crippen LogP contribution in [-0.2, 0) is 20.9 Å². The molecule has 0 unspecified atom stereocenters. The summed E-state index contributed by atoms with van der Waals surface area (Å²) >= 11 is 1.14. The smallest absolute Gasteiger partial charge is 0.333 e. The van der Waals surface area contributed by atoms with Crippen molar-refractivity contribution in [3.63, 3.8) is 0 Å². The van der Waals surface area contributed by atoms with Crippen molar-refractivity contribution in [3.05, 3.63) is 54.9 Å². The molecule has 1 fully saturated rings. The number of benzene rings is 1. The highest BCUT2D eigenvalue weighted by atomic mass is 32.1. The normalized spacial score (nSPS) is 17.5. The summed E-state index contributed by atoms with van der Waals surface area (Å²) < 4.78 is 7.12. The van der Waals surface area contributed by atoms with Crippen molar-refractivity contribution < 1.29 is 14.3 Å². The fourth-order valence-electron chi connectivity index (χ4n) is 3.58. The van der Waals surface area contributed by atoms with E-state index in [9.17, 15) is 14.4 Å². The molecular weight excluding hydrogens is 414 g/mol. The number of nitrogens with zero attached hydrogens (tertiary/aromatic N) is 3. The first-order valence-electron chi connectivity index (χ1n) is 10.3. The number of hydrogen-bond donors (Lipinski definition) is 0. The lowest BCUT2D eigenvalue weighted by Gasteiger charge is -2.33. The van der Waals surface area contributed by atoms with Gasteiger partial charge >= 0.3 is 5.97 Å². The highest BCUT2D eigenvalue weighted by Gasteiger charge is 2.24. The van der Waals surface area contributed by atoms with Crippen LogP contribution in [0.25, 0.3) is 12.2 Å². The van der Waals surface area contributed by atoms with Crippen molar-refractivity contribution in [2.24, 2.45) is 0 Å². The predicted molar refractivity (Wildman–Crippen MR) is 119 cm³/mol. The number of piperidine rings is 1. The minimum Gasteiger partial charge on any atom is -0.463 e. The molecule has 0 spiro atoms. The number of carbonyl (C=O) groups is 2. The van der Waals surface area contributed by atoms with Crippen molar-refractivity contribution >= 4 is 35.4 Å². The van der Waals surface area contributed by atoms with Gasteiger partial charge in [-0.1, -0.05) is 12.1 Å². The van der Waals surface area contributed by atoms with Gasteiger partial charge in [0, 0.05) is 12.6 Å². The molecule has 162 valence electrons. The average Bonchev–Trinajstić information content (AvgIpc) is 3.03. The maximum absolute atomic E-state index is 13.1. The molecule has 1 saturated heterocycles. The van der Waals surface area contributed by atoms with E-state index in [1.54, 1.807) is 37.3 Å². The molecule has 8 heteroatoms. The van der Waals surface area contributed by atoms with Crippen molar-refractivity contribution in [1.29, 1.82) is 5.26 Å². The molecule has 2 heterocycles. The zero-order chi connectivity index (χ0) is 22.4. The van der Waals surface area contributed by atoms with Crippen LogP contribution < -0.4 is 14.8 Å². The lowest BCUT2D eigenvalue weighted by molar-refractivity contribution is -0.136. The Morgan fingerprint density at radius 2 is 2.03 bits per heavy atom. The Morgan fingerprint density at radius 1 is 1.29 bits per heavy atom. The second-order valence-electron chi connectivity index (χ2n) is 7.40. The minimum absolute atomic E-state index is 0.119. The number of carbonyl (C=O) groups excluding carboxylic acids is 2. The van der Waals surface area contributed by atoms with Crippen molar-refractivity contribution in [2.45, 2.75) is 45.7 Å². The molecule has 0 aliphatic carbocycles. The fraction of sp³-hybridized carbons (Fsp3) is 0.391. The molecule has 1 aromatic carbocycles. The Bertz CT molecular complexity index is 1170. The number of thiazole rings is 1. The van der Waals surface area contributed by atoms with Crippen LogP contribution >= 0.6 is 11.3 Å². The van der Waals surface area contributed by atoms with Crippen LogP contribution in [0.4, 0.5) is 0 Å². The monoisotopic (exact) mass is 439 g/mol. The van der Waals surface area contributed by atoms with Crippen LogP contribution in [0.15, 0.2) is 29.1 Å². The highest BCUT2D eigenvalue weighted by Crippen LogP contribution is 2.16. The molecule has 1 aliphatic rings. The molecule has 3 rings (SSSR count). The molecule has 1 aromatic heterocycles. The summed E-state index contributed by atoms with van der Waals surface area (Å²) in [5.74, 6) is -0.684. The van der Waals surface area contributed by atoms with Crippen molar-refractivity contribution in [2.75, 3.05) is 13.2 Å². The largest absolute Gasteiger partial charge is 0.463 e. The zero-order valence-electron chi connectivity index (χ0n) is 17.7. The van der Waals surface area contributed by atoms with E-state index < -0.39 is 5.97 Å². The second kappa shape index (κ2) is 10.2. The number of esters is 1. The van der Waals surface area contributed by atoms with Gasteiger partial charge in [-0.15, -0.1) is 11.3 Å². The van der Waals surface area contributed by atoms with E-state index in [0.29, 0.717) is 21.3 Å². The minimum atomic E-state index is -0.554. The van der Waals surface area contributed by atoms with Gasteiger partial charge in [0.2, 0.25) is 5.91 Å². The molecule has 0 radical (unpaired) electrons.